The lowest BCUT2D eigenvalue weighted by Crippen LogP contribution is -2.23. The van der Waals surface area contributed by atoms with Crippen molar-refractivity contribution in [3.05, 3.63) is 33.8 Å². The van der Waals surface area contributed by atoms with Crippen molar-refractivity contribution in [3.8, 4) is 0 Å². The maximum absolute atomic E-state index is 12.2. The monoisotopic (exact) mass is 314 g/mol. The van der Waals surface area contributed by atoms with E-state index < -0.39 is 10.0 Å². The minimum absolute atomic E-state index is 0.243. The zero-order chi connectivity index (χ0) is 14.8. The summed E-state index contributed by atoms with van der Waals surface area (Å²) in [6.45, 7) is 2.59. The molecule has 110 valence electrons. The molecule has 0 saturated carbocycles. The molecule has 0 saturated heterocycles. The minimum atomic E-state index is -3.50. The number of aryl methyl sites for hydroxylation is 2. The summed E-state index contributed by atoms with van der Waals surface area (Å²) >= 11 is 1.35. The summed E-state index contributed by atoms with van der Waals surface area (Å²) in [5.41, 5.74) is 7.30. The first-order valence-electron chi connectivity index (χ1n) is 6.24. The van der Waals surface area contributed by atoms with Crippen molar-refractivity contribution in [2.75, 3.05) is 0 Å². The number of hydrogen-bond donors (Lipinski definition) is 2. The normalized spacial score (nSPS) is 11.9. The Kier molecular flexibility index (Phi) is 4.59. The molecule has 0 aliphatic carbocycles. The van der Waals surface area contributed by atoms with Gasteiger partial charge in [0.1, 0.15) is 0 Å². The fourth-order valence-corrected chi connectivity index (χ4v) is 4.06. The topological polar surface area (TPSA) is 90.0 Å². The molecule has 2 rings (SSSR count). The Hall–Kier alpha value is -1.22. The van der Waals surface area contributed by atoms with Crippen molar-refractivity contribution >= 4 is 21.4 Å². The molecule has 0 unspecified atom stereocenters. The molecule has 2 heterocycles. The first-order chi connectivity index (χ1) is 9.46. The highest BCUT2D eigenvalue weighted by Crippen LogP contribution is 2.19. The van der Waals surface area contributed by atoms with E-state index in [-0.39, 0.29) is 11.4 Å². The van der Waals surface area contributed by atoms with E-state index in [9.17, 15) is 8.42 Å². The van der Waals surface area contributed by atoms with Crippen molar-refractivity contribution in [2.45, 2.75) is 31.3 Å². The van der Waals surface area contributed by atoms with Gasteiger partial charge < -0.3 is 5.73 Å². The van der Waals surface area contributed by atoms with Crippen LogP contribution in [0.15, 0.2) is 22.5 Å². The Morgan fingerprint density at radius 2 is 2.25 bits per heavy atom. The van der Waals surface area contributed by atoms with Gasteiger partial charge >= 0.3 is 0 Å². The predicted octanol–water partition coefficient (Wildman–Crippen LogP) is 0.981. The van der Waals surface area contributed by atoms with E-state index in [0.29, 0.717) is 6.54 Å². The van der Waals surface area contributed by atoms with Gasteiger partial charge in [-0.05, 0) is 12.5 Å². The van der Waals surface area contributed by atoms with E-state index in [1.807, 2.05) is 20.2 Å². The molecule has 0 aliphatic rings. The molecule has 2 aromatic rings. The van der Waals surface area contributed by atoms with Crippen LogP contribution < -0.4 is 10.5 Å². The summed E-state index contributed by atoms with van der Waals surface area (Å²) in [5.74, 6) is 0. The van der Waals surface area contributed by atoms with Crippen molar-refractivity contribution < 1.29 is 8.42 Å². The van der Waals surface area contributed by atoms with E-state index >= 15 is 0 Å². The molecule has 0 spiro atoms. The highest BCUT2D eigenvalue weighted by Gasteiger charge is 2.17. The van der Waals surface area contributed by atoms with E-state index in [4.69, 9.17) is 5.73 Å². The van der Waals surface area contributed by atoms with E-state index in [1.54, 1.807) is 16.1 Å². The molecule has 0 bridgehead atoms. The van der Waals surface area contributed by atoms with Crippen molar-refractivity contribution in [3.63, 3.8) is 0 Å². The molecule has 0 atom stereocenters. The Balaban J connectivity index is 2.12. The van der Waals surface area contributed by atoms with Crippen LogP contribution in [0.4, 0.5) is 0 Å². The minimum Gasteiger partial charge on any atom is -0.326 e. The third-order valence-electron chi connectivity index (χ3n) is 2.92. The lowest BCUT2D eigenvalue weighted by molar-refractivity contribution is 0.581. The lowest BCUT2D eigenvalue weighted by atomic mass is 10.2. The number of nitrogens with zero attached hydrogens (tertiary/aromatic N) is 2. The van der Waals surface area contributed by atoms with Gasteiger partial charge in [-0.25, -0.2) is 13.1 Å². The van der Waals surface area contributed by atoms with Gasteiger partial charge in [0.05, 0.1) is 10.6 Å². The number of sulfonamides is 1. The summed E-state index contributed by atoms with van der Waals surface area (Å²) in [7, 11) is -1.67. The lowest BCUT2D eigenvalue weighted by Gasteiger charge is -2.04. The number of hydrogen-bond acceptors (Lipinski definition) is 5. The first kappa shape index (κ1) is 15.2. The molecule has 0 amide bonds. The molecule has 0 aliphatic heterocycles. The van der Waals surface area contributed by atoms with Crippen LogP contribution in [0, 0.1) is 0 Å². The highest BCUT2D eigenvalue weighted by atomic mass is 32.2. The largest absolute Gasteiger partial charge is 0.326 e. The molecule has 3 N–H and O–H groups in total. The van der Waals surface area contributed by atoms with Crippen LogP contribution in [0.25, 0.3) is 0 Å². The number of thiophene rings is 1. The van der Waals surface area contributed by atoms with Gasteiger partial charge in [-0.2, -0.15) is 5.10 Å². The molecule has 0 fully saturated rings. The number of nitrogens with two attached hydrogens (primary N) is 1. The summed E-state index contributed by atoms with van der Waals surface area (Å²) in [6.07, 6.45) is 2.61. The maximum atomic E-state index is 12.2. The van der Waals surface area contributed by atoms with Crippen LogP contribution in [0.1, 0.15) is 23.1 Å². The highest BCUT2D eigenvalue weighted by molar-refractivity contribution is 7.89. The Morgan fingerprint density at radius 3 is 2.85 bits per heavy atom. The summed E-state index contributed by atoms with van der Waals surface area (Å²) in [4.78, 5) is 1.12. The molecular formula is C12H18N4O2S2. The summed E-state index contributed by atoms with van der Waals surface area (Å²) < 4.78 is 28.6. The van der Waals surface area contributed by atoms with E-state index in [0.717, 1.165) is 22.6 Å². The summed E-state index contributed by atoms with van der Waals surface area (Å²) in [6, 6.07) is 1.61. The molecule has 20 heavy (non-hydrogen) atoms. The van der Waals surface area contributed by atoms with Crippen LogP contribution in [0.3, 0.4) is 0 Å². The third-order valence-corrected chi connectivity index (χ3v) is 5.41. The molecule has 0 radical (unpaired) electrons. The van der Waals surface area contributed by atoms with Gasteiger partial charge in [-0.3, -0.25) is 4.68 Å². The average Bonchev–Trinajstić information content (AvgIpc) is 3.02. The van der Waals surface area contributed by atoms with Gasteiger partial charge in [0.15, 0.2) is 0 Å². The SMILES string of the molecule is CCc1nn(C)cc1CNS(=O)(=O)c1csc(CN)c1. The van der Waals surface area contributed by atoms with Crippen LogP contribution in [-0.2, 0) is 36.6 Å². The predicted molar refractivity (Wildman–Crippen MR) is 78.8 cm³/mol. The van der Waals surface area contributed by atoms with Crippen molar-refractivity contribution in [1.29, 1.82) is 0 Å². The van der Waals surface area contributed by atoms with Crippen molar-refractivity contribution in [1.82, 2.24) is 14.5 Å². The first-order valence-corrected chi connectivity index (χ1v) is 8.61. The molecule has 8 heteroatoms. The molecule has 2 aromatic heterocycles. The van der Waals surface area contributed by atoms with Gasteiger partial charge in [-0.15, -0.1) is 11.3 Å². The van der Waals surface area contributed by atoms with Crippen LogP contribution in [0.2, 0.25) is 0 Å². The smallest absolute Gasteiger partial charge is 0.241 e. The summed E-state index contributed by atoms with van der Waals surface area (Å²) in [5, 5.41) is 5.89. The second-order valence-electron chi connectivity index (χ2n) is 4.41. The van der Waals surface area contributed by atoms with Gasteiger partial charge in [0, 0.05) is 42.2 Å². The number of aromatic nitrogens is 2. The average molecular weight is 314 g/mol. The third kappa shape index (κ3) is 3.26. The fraction of sp³-hybridized carbons (Fsp3) is 0.417. The Morgan fingerprint density at radius 1 is 1.50 bits per heavy atom. The number of rotatable bonds is 6. The number of nitrogens with one attached hydrogen (secondary N) is 1. The zero-order valence-corrected chi connectivity index (χ0v) is 13.1. The van der Waals surface area contributed by atoms with E-state index in [2.05, 4.69) is 9.82 Å². The Labute approximate surface area is 122 Å². The quantitative estimate of drug-likeness (QED) is 0.831. The van der Waals surface area contributed by atoms with Crippen LogP contribution >= 0.6 is 11.3 Å². The second-order valence-corrected chi connectivity index (χ2v) is 7.17. The van der Waals surface area contributed by atoms with Crippen LogP contribution in [-0.4, -0.2) is 18.2 Å². The standard InChI is InChI=1S/C12H18N4O2S2/c1-3-12-9(7-16(2)15-12)6-14-20(17,18)11-4-10(5-13)19-8-11/h4,7-8,14H,3,5-6,13H2,1-2H3. The Bertz CT molecular complexity index is 688. The molecular weight excluding hydrogens is 296 g/mol. The second kappa shape index (κ2) is 6.04. The van der Waals surface area contributed by atoms with Crippen molar-refractivity contribution in [2.24, 2.45) is 12.8 Å². The molecule has 6 nitrogen and oxygen atoms in total. The maximum Gasteiger partial charge on any atom is 0.241 e. The van der Waals surface area contributed by atoms with Crippen LogP contribution in [0.5, 0.6) is 0 Å². The fourth-order valence-electron chi connectivity index (χ4n) is 1.89. The van der Waals surface area contributed by atoms with Gasteiger partial charge in [-0.1, -0.05) is 6.92 Å². The zero-order valence-electron chi connectivity index (χ0n) is 11.5. The van der Waals surface area contributed by atoms with Gasteiger partial charge in [0.25, 0.3) is 0 Å². The van der Waals surface area contributed by atoms with Gasteiger partial charge in [0.2, 0.25) is 10.0 Å². The molecule has 0 aromatic carbocycles. The van der Waals surface area contributed by atoms with E-state index in [1.165, 1.54) is 11.3 Å².